The van der Waals surface area contributed by atoms with E-state index in [0.717, 1.165) is 43.0 Å². The second-order valence-electron chi connectivity index (χ2n) is 7.31. The van der Waals surface area contributed by atoms with Crippen molar-refractivity contribution >= 4 is 5.91 Å². The molecule has 1 amide bonds. The van der Waals surface area contributed by atoms with Gasteiger partial charge in [-0.2, -0.15) is 0 Å². The average molecular weight is 379 g/mol. The van der Waals surface area contributed by atoms with Gasteiger partial charge in [0.05, 0.1) is 12.9 Å². The van der Waals surface area contributed by atoms with Gasteiger partial charge in [0, 0.05) is 57.3 Å². The number of carbonyl (C=O) groups is 1. The summed E-state index contributed by atoms with van der Waals surface area (Å²) >= 11 is 0. The first-order valence-electron chi connectivity index (χ1n) is 9.71. The topological polar surface area (TPSA) is 81.7 Å². The fourth-order valence-corrected chi connectivity index (χ4v) is 3.78. The maximum Gasteiger partial charge on any atom is 0.222 e. The van der Waals surface area contributed by atoms with Gasteiger partial charge in [0.2, 0.25) is 5.91 Å². The second-order valence-corrected chi connectivity index (χ2v) is 7.31. The third-order valence-corrected chi connectivity index (χ3v) is 5.37. The lowest BCUT2D eigenvalue weighted by atomic mass is 9.96. The molecule has 1 aliphatic rings. The first-order valence-corrected chi connectivity index (χ1v) is 9.71. The molecule has 8 nitrogen and oxygen atoms in total. The van der Waals surface area contributed by atoms with Gasteiger partial charge in [-0.3, -0.25) is 9.78 Å². The molecule has 3 aromatic heterocycles. The molecule has 0 unspecified atom stereocenters. The Morgan fingerprint density at radius 3 is 2.96 bits per heavy atom. The molecule has 1 aliphatic heterocycles. The molecule has 8 heteroatoms. The second kappa shape index (κ2) is 8.33. The average Bonchev–Trinajstić information content (AvgIpc) is 3.38. The van der Waals surface area contributed by atoms with Crippen LogP contribution in [0.1, 0.15) is 42.4 Å². The Hall–Kier alpha value is -3.03. The maximum absolute atomic E-state index is 12.7. The summed E-state index contributed by atoms with van der Waals surface area (Å²) < 4.78 is 4.04. The van der Waals surface area contributed by atoms with Gasteiger partial charge < -0.3 is 14.0 Å². The Morgan fingerprint density at radius 2 is 2.18 bits per heavy atom. The van der Waals surface area contributed by atoms with Gasteiger partial charge in [0.25, 0.3) is 0 Å². The summed E-state index contributed by atoms with van der Waals surface area (Å²) in [5, 5.41) is 8.81. The number of hydrogen-bond donors (Lipinski definition) is 0. The smallest absolute Gasteiger partial charge is 0.222 e. The highest BCUT2D eigenvalue weighted by molar-refractivity contribution is 5.76. The summed E-state index contributed by atoms with van der Waals surface area (Å²) in [6.45, 7) is 2.18. The van der Waals surface area contributed by atoms with E-state index in [9.17, 15) is 4.79 Å². The third-order valence-electron chi connectivity index (χ3n) is 5.37. The molecule has 0 aliphatic carbocycles. The number of carbonyl (C=O) groups excluding carboxylic acids is 1. The summed E-state index contributed by atoms with van der Waals surface area (Å²) in [5.41, 5.74) is 1.10. The Balaban J connectivity index is 1.38. The number of hydrogen-bond acceptors (Lipinski definition) is 5. The number of aryl methyl sites for hydroxylation is 1. The van der Waals surface area contributed by atoms with E-state index >= 15 is 0 Å². The fourth-order valence-electron chi connectivity index (χ4n) is 3.78. The Labute approximate surface area is 164 Å². The van der Waals surface area contributed by atoms with E-state index in [0.29, 0.717) is 19.5 Å². The van der Waals surface area contributed by atoms with Gasteiger partial charge in [-0.05, 0) is 30.9 Å². The van der Waals surface area contributed by atoms with Crippen LogP contribution in [0.3, 0.4) is 0 Å². The van der Waals surface area contributed by atoms with Crippen LogP contribution in [0.25, 0.3) is 0 Å². The predicted molar refractivity (Wildman–Crippen MR) is 103 cm³/mol. The van der Waals surface area contributed by atoms with E-state index < -0.39 is 0 Å². The highest BCUT2D eigenvalue weighted by Crippen LogP contribution is 2.26. The van der Waals surface area contributed by atoms with Gasteiger partial charge in [0.15, 0.2) is 5.82 Å². The molecule has 146 valence electrons. The summed E-state index contributed by atoms with van der Waals surface area (Å²) in [5.74, 6) is 2.28. The van der Waals surface area contributed by atoms with Crippen LogP contribution in [0.5, 0.6) is 0 Å². The van der Waals surface area contributed by atoms with Crippen molar-refractivity contribution in [2.24, 2.45) is 7.05 Å². The van der Waals surface area contributed by atoms with E-state index in [1.807, 2.05) is 41.0 Å². The van der Waals surface area contributed by atoms with Crippen LogP contribution in [-0.2, 0) is 24.8 Å². The van der Waals surface area contributed by atoms with Crippen molar-refractivity contribution in [3.63, 3.8) is 0 Å². The molecule has 0 aromatic carbocycles. The van der Waals surface area contributed by atoms with Gasteiger partial charge in [-0.15, -0.1) is 10.2 Å². The molecule has 0 radical (unpaired) electrons. The number of piperidine rings is 1. The summed E-state index contributed by atoms with van der Waals surface area (Å²) in [6.07, 6.45) is 12.3. The zero-order valence-corrected chi connectivity index (χ0v) is 16.1. The molecular formula is C20H25N7O. The first kappa shape index (κ1) is 18.3. The number of aromatic nitrogens is 6. The number of likely N-dealkylation sites (tertiary alicyclic amines) is 1. The van der Waals surface area contributed by atoms with Gasteiger partial charge in [0.1, 0.15) is 5.82 Å². The zero-order valence-electron chi connectivity index (χ0n) is 16.1. The number of imidazole rings is 1. The van der Waals surface area contributed by atoms with Crippen molar-refractivity contribution in [2.45, 2.75) is 38.1 Å². The van der Waals surface area contributed by atoms with E-state index in [1.54, 1.807) is 18.7 Å². The molecule has 0 saturated carbocycles. The van der Waals surface area contributed by atoms with Gasteiger partial charge in [-0.1, -0.05) is 6.07 Å². The lowest BCUT2D eigenvalue weighted by Gasteiger charge is -2.32. The molecule has 4 rings (SSSR count). The van der Waals surface area contributed by atoms with Gasteiger partial charge in [-0.25, -0.2) is 4.98 Å². The van der Waals surface area contributed by atoms with Crippen LogP contribution in [-0.4, -0.2) is 53.2 Å². The molecule has 1 saturated heterocycles. The van der Waals surface area contributed by atoms with Crippen LogP contribution in [0.4, 0.5) is 0 Å². The molecular weight excluding hydrogens is 354 g/mol. The number of amides is 1. The zero-order chi connectivity index (χ0) is 19.3. The van der Waals surface area contributed by atoms with Crippen molar-refractivity contribution in [3.8, 4) is 0 Å². The summed E-state index contributed by atoms with van der Waals surface area (Å²) in [6, 6.07) is 3.92. The largest absolute Gasteiger partial charge is 0.342 e. The van der Waals surface area contributed by atoms with Crippen molar-refractivity contribution in [1.29, 1.82) is 0 Å². The summed E-state index contributed by atoms with van der Waals surface area (Å²) in [4.78, 5) is 22.9. The van der Waals surface area contributed by atoms with E-state index in [1.165, 1.54) is 0 Å². The van der Waals surface area contributed by atoms with E-state index in [-0.39, 0.29) is 11.8 Å². The molecule has 28 heavy (non-hydrogen) atoms. The van der Waals surface area contributed by atoms with Crippen LogP contribution < -0.4 is 0 Å². The lowest BCUT2D eigenvalue weighted by Crippen LogP contribution is -2.39. The first-order chi connectivity index (χ1) is 13.7. The Bertz CT molecular complexity index is 904. The SMILES string of the molecule is Cn1c(Cn2ccnc2)nnc1[C@H]1CCCN(C(=O)CCc2cccnc2)C1. The van der Waals surface area contributed by atoms with Crippen molar-refractivity contribution in [3.05, 3.63) is 60.5 Å². The maximum atomic E-state index is 12.7. The summed E-state index contributed by atoms with van der Waals surface area (Å²) in [7, 11) is 2.00. The minimum Gasteiger partial charge on any atom is -0.342 e. The number of nitrogens with zero attached hydrogens (tertiary/aromatic N) is 7. The minimum absolute atomic E-state index is 0.203. The normalized spacial score (nSPS) is 17.0. The van der Waals surface area contributed by atoms with Crippen molar-refractivity contribution in [1.82, 2.24) is 34.2 Å². The molecule has 1 fully saturated rings. The standard InChI is InChI=1S/C20H25N7O/c1-25-18(14-26-11-9-22-15-26)23-24-20(25)17-5-3-10-27(13-17)19(28)7-6-16-4-2-8-21-12-16/h2,4,8-9,11-12,15,17H,3,5-7,10,13-14H2,1H3/t17-/m0/s1. The molecule has 4 heterocycles. The van der Waals surface area contributed by atoms with Crippen LogP contribution in [0.15, 0.2) is 43.2 Å². The lowest BCUT2D eigenvalue weighted by molar-refractivity contribution is -0.132. The quantitative estimate of drug-likeness (QED) is 0.652. The van der Waals surface area contributed by atoms with Crippen LogP contribution in [0.2, 0.25) is 0 Å². The van der Waals surface area contributed by atoms with E-state index in [2.05, 4.69) is 24.7 Å². The van der Waals surface area contributed by atoms with E-state index in [4.69, 9.17) is 0 Å². The monoisotopic (exact) mass is 379 g/mol. The Kier molecular flexibility index (Phi) is 5.45. The molecule has 1 atom stereocenters. The number of rotatable bonds is 6. The minimum atomic E-state index is 0.203. The van der Waals surface area contributed by atoms with Gasteiger partial charge >= 0.3 is 0 Å². The van der Waals surface area contributed by atoms with Crippen molar-refractivity contribution < 1.29 is 4.79 Å². The Morgan fingerprint density at radius 1 is 1.25 bits per heavy atom. The predicted octanol–water partition coefficient (Wildman–Crippen LogP) is 1.79. The van der Waals surface area contributed by atoms with Crippen molar-refractivity contribution in [2.75, 3.05) is 13.1 Å². The van der Waals surface area contributed by atoms with Crippen LogP contribution in [0, 0.1) is 0 Å². The fraction of sp³-hybridized carbons (Fsp3) is 0.450. The highest BCUT2D eigenvalue weighted by atomic mass is 16.2. The highest BCUT2D eigenvalue weighted by Gasteiger charge is 2.28. The molecule has 3 aromatic rings. The molecule has 0 N–H and O–H groups in total. The number of pyridine rings is 1. The van der Waals surface area contributed by atoms with Crippen LogP contribution >= 0.6 is 0 Å². The molecule has 0 bridgehead atoms. The molecule has 0 spiro atoms. The third kappa shape index (κ3) is 4.11.